The van der Waals surface area contributed by atoms with Crippen LogP contribution in [0.4, 0.5) is 11.6 Å². The summed E-state index contributed by atoms with van der Waals surface area (Å²) in [5.74, 6) is -0.306. The topological polar surface area (TPSA) is 114 Å². The van der Waals surface area contributed by atoms with Crippen LogP contribution in [0.5, 0.6) is 0 Å². The summed E-state index contributed by atoms with van der Waals surface area (Å²) in [5, 5.41) is 5.55. The lowest BCUT2D eigenvalue weighted by molar-refractivity contribution is 0.102. The van der Waals surface area contributed by atoms with Gasteiger partial charge in [0.15, 0.2) is 0 Å². The first-order chi connectivity index (χ1) is 17.3. The first-order valence-corrected chi connectivity index (χ1v) is 13.3. The molecule has 2 aromatic carbocycles. The number of carbonyl (C=O) groups is 1. The van der Waals surface area contributed by atoms with E-state index in [-0.39, 0.29) is 16.8 Å². The Balaban J connectivity index is 1.39. The summed E-state index contributed by atoms with van der Waals surface area (Å²) in [6.45, 7) is 3.53. The number of sulfonamides is 1. The zero-order chi connectivity index (χ0) is 25.3. The number of pyridine rings is 1. The van der Waals surface area contributed by atoms with Crippen LogP contribution in [0.15, 0.2) is 83.1 Å². The second-order valence-electron chi connectivity index (χ2n) is 8.11. The minimum Gasteiger partial charge on any atom is -0.322 e. The molecule has 3 heterocycles. The molecule has 5 aromatic rings. The van der Waals surface area contributed by atoms with Crippen LogP contribution in [0.1, 0.15) is 21.7 Å². The lowest BCUT2D eigenvalue weighted by Gasteiger charge is -2.11. The van der Waals surface area contributed by atoms with Crippen molar-refractivity contribution in [3.63, 3.8) is 0 Å². The Labute approximate surface area is 212 Å². The van der Waals surface area contributed by atoms with E-state index in [0.29, 0.717) is 22.6 Å². The number of aryl methyl sites for hydroxylation is 2. The van der Waals surface area contributed by atoms with E-state index in [1.807, 2.05) is 41.8 Å². The van der Waals surface area contributed by atoms with E-state index in [9.17, 15) is 13.2 Å². The first-order valence-electron chi connectivity index (χ1n) is 11.0. The smallest absolute Gasteiger partial charge is 0.264 e. The second-order valence-corrected chi connectivity index (χ2v) is 10.7. The predicted molar refractivity (Wildman–Crippen MR) is 142 cm³/mol. The quantitative estimate of drug-likeness (QED) is 0.312. The molecule has 0 radical (unpaired) electrons. The highest BCUT2D eigenvalue weighted by atomic mass is 32.2. The molecule has 10 heteroatoms. The highest BCUT2D eigenvalue weighted by molar-refractivity contribution is 7.92. The number of fused-ring (bicyclic) bond motifs is 1. The summed E-state index contributed by atoms with van der Waals surface area (Å²) in [5.41, 5.74) is 3.69. The van der Waals surface area contributed by atoms with Gasteiger partial charge in [-0.2, -0.15) is 0 Å². The number of anilines is 2. The van der Waals surface area contributed by atoms with E-state index >= 15 is 0 Å². The van der Waals surface area contributed by atoms with Gasteiger partial charge in [-0.25, -0.2) is 28.1 Å². The Morgan fingerprint density at radius 1 is 0.861 bits per heavy atom. The predicted octanol–water partition coefficient (Wildman–Crippen LogP) is 5.42. The highest BCUT2D eigenvalue weighted by Gasteiger charge is 2.18. The molecule has 5 rings (SSSR count). The molecule has 0 aliphatic carbocycles. The maximum absolute atomic E-state index is 13.3. The van der Waals surface area contributed by atoms with Crippen LogP contribution in [0.25, 0.3) is 21.5 Å². The van der Waals surface area contributed by atoms with Crippen molar-refractivity contribution in [2.24, 2.45) is 0 Å². The second kappa shape index (κ2) is 9.48. The lowest BCUT2D eigenvalue weighted by Crippen LogP contribution is -2.16. The Morgan fingerprint density at radius 2 is 1.58 bits per heavy atom. The van der Waals surface area contributed by atoms with E-state index < -0.39 is 10.0 Å². The SMILES string of the molecule is Cc1cc(C)nc(NS(=O)(=O)c2ccc(NC(=O)c3cc(-c4cccs4)nc4ccccc34)cc2)n1. The maximum atomic E-state index is 13.3. The molecule has 180 valence electrons. The number of benzene rings is 2. The standard InChI is InChI=1S/C26H21N5O3S2/c1-16-14-17(2)28-26(27-16)31-36(33,34)19-11-9-18(10-12-19)29-25(32)21-15-23(24-8-5-13-35-24)30-22-7-4-3-6-20(21)22/h3-15H,1-2H3,(H,29,32)(H,27,28,31). The molecule has 0 aliphatic rings. The van der Waals surface area contributed by atoms with Crippen molar-refractivity contribution in [1.82, 2.24) is 15.0 Å². The van der Waals surface area contributed by atoms with Crippen LogP contribution in [0.2, 0.25) is 0 Å². The molecule has 0 aliphatic heterocycles. The van der Waals surface area contributed by atoms with Gasteiger partial charge >= 0.3 is 0 Å². The fourth-order valence-corrected chi connectivity index (χ4v) is 5.41. The average Bonchev–Trinajstić information content (AvgIpc) is 3.38. The number of amides is 1. The van der Waals surface area contributed by atoms with Crippen molar-refractivity contribution in [1.29, 1.82) is 0 Å². The van der Waals surface area contributed by atoms with Crippen LogP contribution in [-0.4, -0.2) is 29.3 Å². The molecule has 0 bridgehead atoms. The van der Waals surface area contributed by atoms with Gasteiger partial charge in [0, 0.05) is 22.5 Å². The molecule has 0 saturated carbocycles. The number of aromatic nitrogens is 3. The third-order valence-electron chi connectivity index (χ3n) is 5.36. The number of nitrogens with zero attached hydrogens (tertiary/aromatic N) is 3. The summed E-state index contributed by atoms with van der Waals surface area (Å²) in [6.07, 6.45) is 0. The molecule has 0 spiro atoms. The van der Waals surface area contributed by atoms with Crippen LogP contribution in [0.3, 0.4) is 0 Å². The van der Waals surface area contributed by atoms with Crippen molar-refractivity contribution >= 4 is 49.8 Å². The lowest BCUT2D eigenvalue weighted by atomic mass is 10.1. The number of thiophene rings is 1. The highest BCUT2D eigenvalue weighted by Crippen LogP contribution is 2.28. The van der Waals surface area contributed by atoms with Gasteiger partial charge < -0.3 is 5.32 Å². The summed E-state index contributed by atoms with van der Waals surface area (Å²) >= 11 is 1.55. The molecular formula is C26H21N5O3S2. The molecule has 2 N–H and O–H groups in total. The summed E-state index contributed by atoms with van der Waals surface area (Å²) in [7, 11) is -3.90. The van der Waals surface area contributed by atoms with Crippen LogP contribution in [-0.2, 0) is 10.0 Å². The van der Waals surface area contributed by atoms with E-state index in [0.717, 1.165) is 21.5 Å². The largest absolute Gasteiger partial charge is 0.322 e. The van der Waals surface area contributed by atoms with Gasteiger partial charge in [-0.05, 0) is 67.8 Å². The normalized spacial score (nSPS) is 11.4. The van der Waals surface area contributed by atoms with E-state index in [1.165, 1.54) is 12.1 Å². The zero-order valence-corrected chi connectivity index (χ0v) is 21.0. The molecule has 0 saturated heterocycles. The first kappa shape index (κ1) is 23.6. The summed E-state index contributed by atoms with van der Waals surface area (Å²) in [4.78, 5) is 27.2. The number of hydrogen-bond acceptors (Lipinski definition) is 7. The molecule has 8 nitrogen and oxygen atoms in total. The Kier molecular flexibility index (Phi) is 6.21. The van der Waals surface area contributed by atoms with Crippen LogP contribution < -0.4 is 10.0 Å². The molecule has 1 amide bonds. The van der Waals surface area contributed by atoms with Gasteiger partial charge in [-0.1, -0.05) is 24.3 Å². The van der Waals surface area contributed by atoms with E-state index in [1.54, 1.807) is 49.4 Å². The molecular weight excluding hydrogens is 494 g/mol. The van der Waals surface area contributed by atoms with Crippen molar-refractivity contribution in [3.05, 3.63) is 95.1 Å². The van der Waals surface area contributed by atoms with Crippen LogP contribution in [0, 0.1) is 13.8 Å². The van der Waals surface area contributed by atoms with E-state index in [4.69, 9.17) is 4.98 Å². The van der Waals surface area contributed by atoms with Crippen molar-refractivity contribution in [3.8, 4) is 10.6 Å². The third kappa shape index (κ3) is 4.95. The minimum absolute atomic E-state index is 0.0102. The molecule has 3 aromatic heterocycles. The van der Waals surface area contributed by atoms with E-state index in [2.05, 4.69) is 20.0 Å². The van der Waals surface area contributed by atoms with Crippen molar-refractivity contribution < 1.29 is 13.2 Å². The van der Waals surface area contributed by atoms with Gasteiger partial charge in [0.2, 0.25) is 5.95 Å². The van der Waals surface area contributed by atoms with Crippen molar-refractivity contribution in [2.75, 3.05) is 10.0 Å². The van der Waals surface area contributed by atoms with Gasteiger partial charge in [0.05, 0.1) is 26.5 Å². The molecule has 36 heavy (non-hydrogen) atoms. The van der Waals surface area contributed by atoms with Gasteiger partial charge in [0.25, 0.3) is 15.9 Å². The third-order valence-corrected chi connectivity index (χ3v) is 7.60. The summed E-state index contributed by atoms with van der Waals surface area (Å²) < 4.78 is 28.0. The van der Waals surface area contributed by atoms with Gasteiger partial charge in [0.1, 0.15) is 0 Å². The number of nitrogens with one attached hydrogen (secondary N) is 2. The number of para-hydroxylation sites is 1. The number of rotatable bonds is 6. The van der Waals surface area contributed by atoms with Crippen molar-refractivity contribution in [2.45, 2.75) is 18.7 Å². The summed E-state index contributed by atoms with van der Waals surface area (Å²) in [6, 6.07) is 20.8. The molecule has 0 atom stereocenters. The fraction of sp³-hybridized carbons (Fsp3) is 0.0769. The zero-order valence-electron chi connectivity index (χ0n) is 19.4. The Morgan fingerprint density at radius 3 is 2.28 bits per heavy atom. The minimum atomic E-state index is -3.90. The molecule has 0 fully saturated rings. The maximum Gasteiger partial charge on any atom is 0.264 e. The van der Waals surface area contributed by atoms with Gasteiger partial charge in [-0.3, -0.25) is 4.79 Å². The van der Waals surface area contributed by atoms with Crippen LogP contribution >= 0.6 is 11.3 Å². The fourth-order valence-electron chi connectivity index (χ4n) is 3.78. The Bertz CT molecular complexity index is 1660. The average molecular weight is 516 g/mol. The number of hydrogen-bond donors (Lipinski definition) is 2. The van der Waals surface area contributed by atoms with Gasteiger partial charge in [-0.15, -0.1) is 11.3 Å². The molecule has 0 unspecified atom stereocenters. The monoisotopic (exact) mass is 515 g/mol. The Hall–Kier alpha value is -4.15. The number of carbonyl (C=O) groups excluding carboxylic acids is 1.